The normalized spacial score (nSPS) is 28.3. The van der Waals surface area contributed by atoms with Crippen molar-refractivity contribution in [2.24, 2.45) is 16.1 Å². The highest BCUT2D eigenvalue weighted by Gasteiger charge is 2.64. The maximum absolute atomic E-state index is 12.4. The van der Waals surface area contributed by atoms with E-state index >= 15 is 0 Å². The molecule has 0 saturated carbocycles. The Bertz CT molecular complexity index is 242. The number of nitrogens with zero attached hydrogens (tertiary/aromatic N) is 2. The summed E-state index contributed by atoms with van der Waals surface area (Å²) in [7, 11) is 0. The predicted octanol–water partition coefficient (Wildman–Crippen LogP) is 2.52. The summed E-state index contributed by atoms with van der Waals surface area (Å²) in [6, 6.07) is 0. The van der Waals surface area contributed by atoms with E-state index in [0.29, 0.717) is 6.54 Å². The summed E-state index contributed by atoms with van der Waals surface area (Å²) in [5.41, 5.74) is -2.04. The Morgan fingerprint density at radius 3 is 2.40 bits per heavy atom. The fourth-order valence-corrected chi connectivity index (χ4v) is 1.87. The zero-order valence-electron chi connectivity index (χ0n) is 8.05. The van der Waals surface area contributed by atoms with Crippen LogP contribution in [0.2, 0.25) is 0 Å². The summed E-state index contributed by atoms with van der Waals surface area (Å²) >= 11 is 0. The Balaban J connectivity index is 0.00000112. The first-order valence-electron chi connectivity index (χ1n) is 4.75. The van der Waals surface area contributed by atoms with Crippen LogP contribution < -0.4 is 5.32 Å². The number of hydrogen-bond donors (Lipinski definition) is 1. The average molecular weight is 244 g/mol. The van der Waals surface area contributed by atoms with E-state index in [1.807, 2.05) is 0 Å². The third-order valence-corrected chi connectivity index (χ3v) is 2.77. The van der Waals surface area contributed by atoms with Gasteiger partial charge in [-0.25, -0.2) is 0 Å². The summed E-state index contributed by atoms with van der Waals surface area (Å²) in [6.45, 7) is 1.56. The number of nitrogens with one attached hydrogen (secondary N) is 1. The Hall–Kier alpha value is -0.360. The van der Waals surface area contributed by atoms with Crippen molar-refractivity contribution in [2.45, 2.75) is 31.1 Å². The Kier molecular flexibility index (Phi) is 3.60. The van der Waals surface area contributed by atoms with Crippen LogP contribution in [0.1, 0.15) is 19.3 Å². The van der Waals surface area contributed by atoms with Crippen LogP contribution in [0.25, 0.3) is 0 Å². The topological polar surface area (TPSA) is 36.8 Å². The van der Waals surface area contributed by atoms with Crippen LogP contribution in [0.3, 0.4) is 0 Å². The number of rotatable bonds is 2. The van der Waals surface area contributed by atoms with Crippen LogP contribution >= 0.6 is 12.4 Å². The molecule has 15 heavy (non-hydrogen) atoms. The lowest BCUT2D eigenvalue weighted by molar-refractivity contribution is -0.167. The van der Waals surface area contributed by atoms with Crippen LogP contribution in [0.4, 0.5) is 13.2 Å². The van der Waals surface area contributed by atoms with Gasteiger partial charge in [-0.05, 0) is 31.8 Å². The van der Waals surface area contributed by atoms with Gasteiger partial charge >= 0.3 is 6.18 Å². The minimum absolute atomic E-state index is 0. The lowest BCUT2D eigenvalue weighted by Gasteiger charge is -2.25. The Labute approximate surface area is 91.9 Å². The molecule has 1 N–H and O–H groups in total. The predicted molar refractivity (Wildman–Crippen MR) is 51.1 cm³/mol. The first-order chi connectivity index (χ1) is 6.54. The molecule has 1 atom stereocenters. The fourth-order valence-electron chi connectivity index (χ4n) is 1.87. The summed E-state index contributed by atoms with van der Waals surface area (Å²) < 4.78 is 37.3. The molecule has 0 aromatic heterocycles. The highest BCUT2D eigenvalue weighted by Crippen LogP contribution is 2.48. The third-order valence-electron chi connectivity index (χ3n) is 2.77. The van der Waals surface area contributed by atoms with Gasteiger partial charge in [-0.3, -0.25) is 0 Å². The zero-order chi connectivity index (χ0) is 10.2. The molecule has 2 heterocycles. The number of alkyl halides is 3. The summed E-state index contributed by atoms with van der Waals surface area (Å²) in [4.78, 5) is 0. The second kappa shape index (κ2) is 4.25. The maximum atomic E-state index is 12.4. The molecule has 0 spiro atoms. The standard InChI is InChI=1S/C8H12F3N3.ClH/c9-8(10,11)7(13-14-7)4-6-2-1-3-12-5-6;/h6,12H,1-5H2;1H. The molecule has 1 unspecified atom stereocenters. The second-order valence-electron chi connectivity index (χ2n) is 3.93. The highest BCUT2D eigenvalue weighted by atomic mass is 35.5. The van der Waals surface area contributed by atoms with E-state index in [0.717, 1.165) is 19.4 Å². The van der Waals surface area contributed by atoms with Crippen LogP contribution in [-0.2, 0) is 0 Å². The van der Waals surface area contributed by atoms with Gasteiger partial charge in [0, 0.05) is 6.42 Å². The molecule has 1 fully saturated rings. The van der Waals surface area contributed by atoms with E-state index in [9.17, 15) is 13.2 Å². The molecule has 2 aliphatic rings. The van der Waals surface area contributed by atoms with Gasteiger partial charge < -0.3 is 5.32 Å². The molecule has 0 aromatic carbocycles. The molecular weight excluding hydrogens is 231 g/mol. The van der Waals surface area contributed by atoms with Crippen molar-refractivity contribution in [1.82, 2.24) is 5.32 Å². The lowest BCUT2D eigenvalue weighted by atomic mass is 9.90. The van der Waals surface area contributed by atoms with E-state index in [4.69, 9.17) is 0 Å². The lowest BCUT2D eigenvalue weighted by Crippen LogP contribution is -2.39. The van der Waals surface area contributed by atoms with Gasteiger partial charge in [-0.2, -0.15) is 13.2 Å². The largest absolute Gasteiger partial charge is 0.437 e. The highest BCUT2D eigenvalue weighted by molar-refractivity contribution is 5.85. The quantitative estimate of drug-likeness (QED) is 0.795. The van der Waals surface area contributed by atoms with Crippen molar-refractivity contribution in [1.29, 1.82) is 0 Å². The molecule has 88 valence electrons. The molecule has 0 aromatic rings. The van der Waals surface area contributed by atoms with Gasteiger partial charge in [0.1, 0.15) is 0 Å². The van der Waals surface area contributed by atoms with E-state index in [1.54, 1.807) is 0 Å². The van der Waals surface area contributed by atoms with Gasteiger partial charge in [0.15, 0.2) is 0 Å². The van der Waals surface area contributed by atoms with E-state index in [1.165, 1.54) is 0 Å². The van der Waals surface area contributed by atoms with Crippen LogP contribution in [0.15, 0.2) is 10.2 Å². The van der Waals surface area contributed by atoms with Crippen LogP contribution in [0, 0.1) is 5.92 Å². The first kappa shape index (κ1) is 12.7. The SMILES string of the molecule is Cl.FC(F)(F)C1(CC2CCCNC2)N=N1. The minimum atomic E-state index is -4.30. The average Bonchev–Trinajstić information content (AvgIpc) is 2.86. The summed E-state index contributed by atoms with van der Waals surface area (Å²) in [5.74, 6) is 0.0559. The summed E-state index contributed by atoms with van der Waals surface area (Å²) in [6.07, 6.45) is -2.50. The fraction of sp³-hybridized carbons (Fsp3) is 1.00. The number of piperidine rings is 1. The molecule has 1 saturated heterocycles. The minimum Gasteiger partial charge on any atom is -0.316 e. The molecule has 0 bridgehead atoms. The number of halogens is 4. The van der Waals surface area contributed by atoms with Crippen molar-refractivity contribution in [3.05, 3.63) is 0 Å². The van der Waals surface area contributed by atoms with Crippen molar-refractivity contribution in [3.63, 3.8) is 0 Å². The summed E-state index contributed by atoms with van der Waals surface area (Å²) in [5, 5.41) is 9.43. The zero-order valence-corrected chi connectivity index (χ0v) is 8.87. The maximum Gasteiger partial charge on any atom is 0.437 e. The molecule has 7 heteroatoms. The van der Waals surface area contributed by atoms with E-state index in [-0.39, 0.29) is 24.7 Å². The first-order valence-corrected chi connectivity index (χ1v) is 4.75. The molecule has 2 aliphatic heterocycles. The van der Waals surface area contributed by atoms with Crippen molar-refractivity contribution in [2.75, 3.05) is 13.1 Å². The van der Waals surface area contributed by atoms with Gasteiger partial charge in [0.2, 0.25) is 0 Å². The van der Waals surface area contributed by atoms with Crippen molar-refractivity contribution in [3.8, 4) is 0 Å². The molecule has 0 aliphatic carbocycles. The molecular formula is C8H13ClF3N3. The molecule has 2 rings (SSSR count). The molecule has 3 nitrogen and oxygen atoms in total. The van der Waals surface area contributed by atoms with E-state index < -0.39 is 11.8 Å². The molecule has 0 radical (unpaired) electrons. The third kappa shape index (κ3) is 2.60. The van der Waals surface area contributed by atoms with Crippen LogP contribution in [-0.4, -0.2) is 24.9 Å². The Morgan fingerprint density at radius 1 is 1.33 bits per heavy atom. The Morgan fingerprint density at radius 2 is 2.00 bits per heavy atom. The van der Waals surface area contributed by atoms with Gasteiger partial charge in [-0.15, -0.1) is 22.6 Å². The second-order valence-corrected chi connectivity index (χ2v) is 3.93. The number of hydrogen-bond acceptors (Lipinski definition) is 3. The molecule has 0 amide bonds. The van der Waals surface area contributed by atoms with Crippen molar-refractivity contribution < 1.29 is 13.2 Å². The smallest absolute Gasteiger partial charge is 0.316 e. The van der Waals surface area contributed by atoms with Gasteiger partial charge in [-0.1, -0.05) is 0 Å². The van der Waals surface area contributed by atoms with Crippen LogP contribution in [0.5, 0.6) is 0 Å². The monoisotopic (exact) mass is 243 g/mol. The van der Waals surface area contributed by atoms with E-state index in [2.05, 4.69) is 15.5 Å². The van der Waals surface area contributed by atoms with Crippen molar-refractivity contribution >= 4 is 12.4 Å². The van der Waals surface area contributed by atoms with Gasteiger partial charge in [0.05, 0.1) is 0 Å². The van der Waals surface area contributed by atoms with Gasteiger partial charge in [0.25, 0.3) is 5.66 Å².